The summed E-state index contributed by atoms with van der Waals surface area (Å²) < 4.78 is 1.03. The number of carbonyl (C=O) groups excluding carboxylic acids is 2. The molecular weight excluding hydrogens is 439 g/mol. The summed E-state index contributed by atoms with van der Waals surface area (Å²) in [6, 6.07) is 17.6. The van der Waals surface area contributed by atoms with E-state index in [2.05, 4.69) is 22.6 Å². The van der Waals surface area contributed by atoms with E-state index in [1.165, 1.54) is 4.90 Å². The van der Waals surface area contributed by atoms with Crippen molar-refractivity contribution in [3.8, 4) is 0 Å². The Balaban J connectivity index is 1.98. The molecular formula is C21H21IN2O2. The molecule has 0 N–H and O–H groups in total. The van der Waals surface area contributed by atoms with E-state index in [1.807, 2.05) is 61.5 Å². The molecule has 0 aromatic heterocycles. The molecule has 1 aliphatic heterocycles. The predicted molar refractivity (Wildman–Crippen MR) is 111 cm³/mol. The molecule has 1 unspecified atom stereocenters. The van der Waals surface area contributed by atoms with Gasteiger partial charge in [-0.3, -0.25) is 9.59 Å². The maximum Gasteiger partial charge on any atom is 0.271 e. The molecule has 5 heteroatoms. The highest BCUT2D eigenvalue weighted by atomic mass is 127. The third kappa shape index (κ3) is 3.28. The molecule has 2 aromatic rings. The van der Waals surface area contributed by atoms with Crippen LogP contribution in [-0.4, -0.2) is 41.2 Å². The number of piperazine rings is 1. The Bertz CT molecular complexity index is 879. The van der Waals surface area contributed by atoms with Crippen LogP contribution in [0.4, 0.5) is 0 Å². The van der Waals surface area contributed by atoms with Gasteiger partial charge in [-0.15, -0.1) is 0 Å². The molecule has 2 amide bonds. The van der Waals surface area contributed by atoms with Crippen molar-refractivity contribution < 1.29 is 9.59 Å². The third-order valence-corrected chi connectivity index (χ3v) is 5.96. The molecule has 0 saturated carbocycles. The fraction of sp³-hybridized carbons (Fsp3) is 0.238. The van der Waals surface area contributed by atoms with Crippen LogP contribution >= 0.6 is 22.6 Å². The van der Waals surface area contributed by atoms with Crippen molar-refractivity contribution in [3.05, 3.63) is 75.0 Å². The van der Waals surface area contributed by atoms with Crippen molar-refractivity contribution in [2.45, 2.75) is 18.9 Å². The Kier molecular flexibility index (Phi) is 5.18. The number of hydrogen-bond acceptors (Lipinski definition) is 2. The van der Waals surface area contributed by atoms with Gasteiger partial charge in [0.1, 0.15) is 11.2 Å². The van der Waals surface area contributed by atoms with Crippen LogP contribution in [0.5, 0.6) is 0 Å². The number of nitrogens with zero attached hydrogens (tertiary/aromatic N) is 2. The van der Waals surface area contributed by atoms with Crippen LogP contribution in [0.1, 0.15) is 18.1 Å². The van der Waals surface area contributed by atoms with Crippen molar-refractivity contribution in [1.29, 1.82) is 0 Å². The SMILES string of the molecule is CN1C(=O)C(C)(Cc2ccccc2)N(C)C(=O)/C1=C\c1ccccc1I. The molecule has 26 heavy (non-hydrogen) atoms. The Hall–Kier alpha value is -2.15. The van der Waals surface area contributed by atoms with Crippen molar-refractivity contribution in [2.24, 2.45) is 0 Å². The lowest BCUT2D eigenvalue weighted by Gasteiger charge is -2.45. The first kappa shape index (κ1) is 18.6. The fourth-order valence-corrected chi connectivity index (χ4v) is 3.78. The lowest BCUT2D eigenvalue weighted by molar-refractivity contribution is -0.155. The molecule has 1 aliphatic rings. The fourth-order valence-electron chi connectivity index (χ4n) is 3.24. The highest BCUT2D eigenvalue weighted by Crippen LogP contribution is 2.31. The minimum atomic E-state index is -0.908. The lowest BCUT2D eigenvalue weighted by atomic mass is 9.87. The smallest absolute Gasteiger partial charge is 0.271 e. The maximum absolute atomic E-state index is 13.2. The maximum atomic E-state index is 13.2. The average molecular weight is 460 g/mol. The van der Waals surface area contributed by atoms with Crippen LogP contribution in [0.15, 0.2) is 60.3 Å². The number of carbonyl (C=O) groups is 2. The van der Waals surface area contributed by atoms with Gasteiger partial charge in [0.15, 0.2) is 0 Å². The second kappa shape index (κ2) is 7.23. The predicted octanol–water partition coefficient (Wildman–Crippen LogP) is 3.56. The summed E-state index contributed by atoms with van der Waals surface area (Å²) in [4.78, 5) is 29.3. The van der Waals surface area contributed by atoms with E-state index in [0.717, 1.165) is 14.7 Å². The van der Waals surface area contributed by atoms with E-state index in [4.69, 9.17) is 0 Å². The van der Waals surface area contributed by atoms with Gasteiger partial charge in [0, 0.05) is 24.1 Å². The summed E-state index contributed by atoms with van der Waals surface area (Å²) in [5.74, 6) is -0.231. The Morgan fingerprint density at radius 2 is 1.62 bits per heavy atom. The minimum Gasteiger partial charge on any atom is -0.326 e. The average Bonchev–Trinajstić information content (AvgIpc) is 2.65. The zero-order valence-corrected chi connectivity index (χ0v) is 17.2. The Morgan fingerprint density at radius 3 is 2.27 bits per heavy atom. The summed E-state index contributed by atoms with van der Waals surface area (Å²) >= 11 is 2.23. The zero-order chi connectivity index (χ0) is 18.9. The molecule has 0 bridgehead atoms. The van der Waals surface area contributed by atoms with Crippen molar-refractivity contribution >= 4 is 40.5 Å². The summed E-state index contributed by atoms with van der Waals surface area (Å²) in [6.07, 6.45) is 2.27. The number of hydrogen-bond donors (Lipinski definition) is 0. The van der Waals surface area contributed by atoms with Gasteiger partial charge >= 0.3 is 0 Å². The van der Waals surface area contributed by atoms with Crippen molar-refractivity contribution in [1.82, 2.24) is 9.80 Å². The second-order valence-corrected chi connectivity index (χ2v) is 7.88. The van der Waals surface area contributed by atoms with Gasteiger partial charge in [-0.05, 0) is 52.8 Å². The molecule has 0 spiro atoms. The second-order valence-electron chi connectivity index (χ2n) is 6.72. The lowest BCUT2D eigenvalue weighted by Crippen LogP contribution is -2.64. The van der Waals surface area contributed by atoms with Gasteiger partial charge < -0.3 is 9.80 Å². The highest BCUT2D eigenvalue weighted by Gasteiger charge is 2.48. The van der Waals surface area contributed by atoms with Gasteiger partial charge in [-0.2, -0.15) is 0 Å². The Morgan fingerprint density at radius 1 is 1.00 bits per heavy atom. The monoisotopic (exact) mass is 460 g/mol. The molecule has 1 saturated heterocycles. The molecule has 1 atom stereocenters. The summed E-state index contributed by atoms with van der Waals surface area (Å²) in [6.45, 7) is 1.83. The summed E-state index contributed by atoms with van der Waals surface area (Å²) in [5, 5.41) is 0. The van der Waals surface area contributed by atoms with Gasteiger partial charge in [0.2, 0.25) is 0 Å². The molecule has 0 radical (unpaired) electrons. The first-order chi connectivity index (χ1) is 12.3. The number of halogens is 1. The van der Waals surface area contributed by atoms with E-state index in [1.54, 1.807) is 25.1 Å². The molecule has 2 aromatic carbocycles. The summed E-state index contributed by atoms with van der Waals surface area (Å²) in [7, 11) is 3.39. The topological polar surface area (TPSA) is 40.6 Å². The van der Waals surface area contributed by atoms with E-state index in [9.17, 15) is 9.59 Å². The van der Waals surface area contributed by atoms with E-state index >= 15 is 0 Å². The third-order valence-electron chi connectivity index (χ3n) is 4.98. The van der Waals surface area contributed by atoms with E-state index in [0.29, 0.717) is 12.1 Å². The quantitative estimate of drug-likeness (QED) is 0.519. The molecule has 3 rings (SSSR count). The van der Waals surface area contributed by atoms with Gasteiger partial charge in [0.25, 0.3) is 11.8 Å². The summed E-state index contributed by atoms with van der Waals surface area (Å²) in [5.41, 5.74) is 1.44. The van der Waals surface area contributed by atoms with Crippen LogP contribution in [0.2, 0.25) is 0 Å². The van der Waals surface area contributed by atoms with Crippen LogP contribution in [-0.2, 0) is 16.0 Å². The first-order valence-electron chi connectivity index (χ1n) is 8.41. The van der Waals surface area contributed by atoms with E-state index < -0.39 is 5.54 Å². The number of amides is 2. The molecule has 4 nitrogen and oxygen atoms in total. The number of benzene rings is 2. The van der Waals surface area contributed by atoms with Gasteiger partial charge in [-0.1, -0.05) is 48.5 Å². The highest BCUT2D eigenvalue weighted by molar-refractivity contribution is 14.1. The number of likely N-dealkylation sites (N-methyl/N-ethyl adjacent to an activating group) is 2. The largest absolute Gasteiger partial charge is 0.326 e. The van der Waals surface area contributed by atoms with Crippen LogP contribution < -0.4 is 0 Å². The van der Waals surface area contributed by atoms with Crippen molar-refractivity contribution in [3.63, 3.8) is 0 Å². The normalized spacial score (nSPS) is 22.2. The molecule has 1 heterocycles. The standard InChI is InChI=1S/C21H21IN2O2/c1-21(14-15-9-5-4-6-10-15)20(26)23(2)18(19(25)24(21)3)13-16-11-7-8-12-17(16)22/h4-13H,14H2,1-3H3/b18-13+. The van der Waals surface area contributed by atoms with Crippen LogP contribution in [0.25, 0.3) is 6.08 Å². The van der Waals surface area contributed by atoms with Crippen LogP contribution in [0, 0.1) is 3.57 Å². The molecule has 0 aliphatic carbocycles. The zero-order valence-electron chi connectivity index (χ0n) is 15.1. The van der Waals surface area contributed by atoms with Crippen LogP contribution in [0.3, 0.4) is 0 Å². The minimum absolute atomic E-state index is 0.0827. The first-order valence-corrected chi connectivity index (χ1v) is 9.49. The van der Waals surface area contributed by atoms with Gasteiger partial charge in [-0.25, -0.2) is 0 Å². The molecule has 134 valence electrons. The van der Waals surface area contributed by atoms with Gasteiger partial charge in [0.05, 0.1) is 0 Å². The van der Waals surface area contributed by atoms with Crippen molar-refractivity contribution in [2.75, 3.05) is 14.1 Å². The van der Waals surface area contributed by atoms with E-state index in [-0.39, 0.29) is 11.8 Å². The number of rotatable bonds is 3. The Labute approximate surface area is 167 Å². The molecule has 1 fully saturated rings.